The van der Waals surface area contributed by atoms with E-state index in [0.717, 1.165) is 18.7 Å². The number of nitrogens with zero attached hydrogens (tertiary/aromatic N) is 1. The second-order valence-corrected chi connectivity index (χ2v) is 6.45. The van der Waals surface area contributed by atoms with Crippen LogP contribution in [0, 0.1) is 5.41 Å². The van der Waals surface area contributed by atoms with E-state index in [1.54, 1.807) is 0 Å². The monoisotopic (exact) mass is 293 g/mol. The lowest BCUT2D eigenvalue weighted by molar-refractivity contribution is 0.196. The standard InChI is InChI=1S/C20H23NO/c1-16-21-19(15-22-16)20(2,13-17-9-5-3-6-10-17)14-18-11-7-4-8-12-18/h3-12,19H,13-15H2,1-2H3. The van der Waals surface area contributed by atoms with E-state index in [1.165, 1.54) is 11.1 Å². The Labute approximate surface area is 132 Å². The van der Waals surface area contributed by atoms with Crippen molar-refractivity contribution >= 4 is 5.90 Å². The van der Waals surface area contributed by atoms with Gasteiger partial charge in [-0.2, -0.15) is 0 Å². The minimum atomic E-state index is 0.0560. The maximum Gasteiger partial charge on any atom is 0.180 e. The predicted molar refractivity (Wildman–Crippen MR) is 91.2 cm³/mol. The summed E-state index contributed by atoms with van der Waals surface area (Å²) < 4.78 is 5.64. The van der Waals surface area contributed by atoms with E-state index in [-0.39, 0.29) is 11.5 Å². The summed E-state index contributed by atoms with van der Waals surface area (Å²) in [6.07, 6.45) is 2.01. The molecule has 1 aliphatic heterocycles. The first-order valence-corrected chi connectivity index (χ1v) is 7.91. The van der Waals surface area contributed by atoms with Gasteiger partial charge in [0.2, 0.25) is 0 Å². The Morgan fingerprint density at radius 1 is 0.955 bits per heavy atom. The molecule has 0 aliphatic carbocycles. The van der Waals surface area contributed by atoms with Gasteiger partial charge in [-0.15, -0.1) is 0 Å². The van der Waals surface area contributed by atoms with Gasteiger partial charge in [0.15, 0.2) is 5.90 Å². The van der Waals surface area contributed by atoms with E-state index in [2.05, 4.69) is 67.6 Å². The molecular weight excluding hydrogens is 270 g/mol. The lowest BCUT2D eigenvalue weighted by Crippen LogP contribution is -2.36. The van der Waals surface area contributed by atoms with Crippen molar-refractivity contribution in [2.24, 2.45) is 10.4 Å². The summed E-state index contributed by atoms with van der Waals surface area (Å²) in [6, 6.07) is 21.6. The smallest absolute Gasteiger partial charge is 0.180 e. The average molecular weight is 293 g/mol. The van der Waals surface area contributed by atoms with Crippen molar-refractivity contribution in [1.29, 1.82) is 0 Å². The van der Waals surface area contributed by atoms with Gasteiger partial charge in [-0.25, -0.2) is 4.99 Å². The van der Waals surface area contributed by atoms with Crippen molar-refractivity contribution in [2.45, 2.75) is 32.7 Å². The largest absolute Gasteiger partial charge is 0.479 e. The highest BCUT2D eigenvalue weighted by molar-refractivity contribution is 5.74. The maximum absolute atomic E-state index is 5.64. The second-order valence-electron chi connectivity index (χ2n) is 6.45. The van der Waals surface area contributed by atoms with Crippen molar-refractivity contribution < 1.29 is 4.74 Å². The number of hydrogen-bond acceptors (Lipinski definition) is 2. The Morgan fingerprint density at radius 3 is 1.86 bits per heavy atom. The van der Waals surface area contributed by atoms with Crippen molar-refractivity contribution in [3.63, 3.8) is 0 Å². The lowest BCUT2D eigenvalue weighted by Gasteiger charge is -2.33. The van der Waals surface area contributed by atoms with Crippen LogP contribution in [0.1, 0.15) is 25.0 Å². The molecule has 0 amide bonds. The Morgan fingerprint density at radius 2 is 1.45 bits per heavy atom. The maximum atomic E-state index is 5.64. The molecule has 0 fully saturated rings. The fraction of sp³-hybridized carbons (Fsp3) is 0.350. The number of hydrogen-bond donors (Lipinski definition) is 0. The summed E-state index contributed by atoms with van der Waals surface area (Å²) >= 11 is 0. The van der Waals surface area contributed by atoms with Crippen LogP contribution in [0.3, 0.4) is 0 Å². The van der Waals surface area contributed by atoms with Crippen LogP contribution in [0.4, 0.5) is 0 Å². The Bertz CT molecular complexity index is 592. The number of rotatable bonds is 5. The normalized spacial score (nSPS) is 17.9. The first-order valence-electron chi connectivity index (χ1n) is 7.91. The van der Waals surface area contributed by atoms with Gasteiger partial charge in [0, 0.05) is 12.3 Å². The van der Waals surface area contributed by atoms with Gasteiger partial charge in [0.1, 0.15) is 6.61 Å². The second kappa shape index (κ2) is 6.35. The van der Waals surface area contributed by atoms with Crippen LogP contribution in [0.2, 0.25) is 0 Å². The highest BCUT2D eigenvalue weighted by Crippen LogP contribution is 2.35. The molecule has 114 valence electrons. The summed E-state index contributed by atoms with van der Waals surface area (Å²) in [5.74, 6) is 0.817. The molecule has 0 saturated carbocycles. The summed E-state index contributed by atoms with van der Waals surface area (Å²) in [5.41, 5.74) is 2.78. The van der Waals surface area contributed by atoms with Gasteiger partial charge >= 0.3 is 0 Å². The fourth-order valence-corrected chi connectivity index (χ4v) is 3.27. The molecule has 1 unspecified atom stereocenters. The molecule has 2 aromatic rings. The molecular formula is C20H23NO. The topological polar surface area (TPSA) is 21.6 Å². The molecule has 0 N–H and O–H groups in total. The van der Waals surface area contributed by atoms with Crippen LogP contribution in [0.15, 0.2) is 65.7 Å². The molecule has 1 heterocycles. The zero-order valence-electron chi connectivity index (χ0n) is 13.3. The number of aliphatic imine (C=N–C) groups is 1. The third-order valence-corrected chi connectivity index (χ3v) is 4.49. The van der Waals surface area contributed by atoms with E-state index in [4.69, 9.17) is 9.73 Å². The van der Waals surface area contributed by atoms with Crippen molar-refractivity contribution in [2.75, 3.05) is 6.61 Å². The van der Waals surface area contributed by atoms with E-state index in [1.807, 2.05) is 6.92 Å². The molecule has 0 bridgehead atoms. The molecule has 2 heteroatoms. The fourth-order valence-electron chi connectivity index (χ4n) is 3.27. The van der Waals surface area contributed by atoms with Gasteiger partial charge in [-0.05, 0) is 24.0 Å². The molecule has 1 aliphatic rings. The van der Waals surface area contributed by atoms with Gasteiger partial charge in [-0.1, -0.05) is 67.6 Å². The first-order chi connectivity index (χ1) is 10.7. The third-order valence-electron chi connectivity index (χ3n) is 4.49. The van der Waals surface area contributed by atoms with Crippen molar-refractivity contribution in [3.8, 4) is 0 Å². The van der Waals surface area contributed by atoms with Gasteiger partial charge < -0.3 is 4.74 Å². The minimum absolute atomic E-state index is 0.0560. The zero-order valence-corrected chi connectivity index (χ0v) is 13.3. The molecule has 3 rings (SSSR count). The van der Waals surface area contributed by atoms with Crippen LogP contribution in [0.5, 0.6) is 0 Å². The quantitative estimate of drug-likeness (QED) is 0.805. The van der Waals surface area contributed by atoms with Crippen LogP contribution in [-0.4, -0.2) is 18.5 Å². The summed E-state index contributed by atoms with van der Waals surface area (Å²) in [5, 5.41) is 0. The van der Waals surface area contributed by atoms with E-state index in [9.17, 15) is 0 Å². The summed E-state index contributed by atoms with van der Waals surface area (Å²) in [7, 11) is 0. The van der Waals surface area contributed by atoms with Crippen LogP contribution in [0.25, 0.3) is 0 Å². The van der Waals surface area contributed by atoms with Gasteiger partial charge in [0.05, 0.1) is 6.04 Å². The van der Waals surface area contributed by atoms with Gasteiger partial charge in [-0.3, -0.25) is 0 Å². The summed E-state index contributed by atoms with van der Waals surface area (Å²) in [4.78, 5) is 4.75. The molecule has 1 atom stereocenters. The van der Waals surface area contributed by atoms with Crippen LogP contribution >= 0.6 is 0 Å². The third kappa shape index (κ3) is 3.38. The van der Waals surface area contributed by atoms with E-state index >= 15 is 0 Å². The van der Waals surface area contributed by atoms with E-state index < -0.39 is 0 Å². The molecule has 0 spiro atoms. The highest BCUT2D eigenvalue weighted by atomic mass is 16.5. The summed E-state index contributed by atoms with van der Waals surface area (Å²) in [6.45, 7) is 4.98. The Hall–Kier alpha value is -2.09. The number of ether oxygens (including phenoxy) is 1. The average Bonchev–Trinajstić information content (AvgIpc) is 2.96. The lowest BCUT2D eigenvalue weighted by atomic mass is 9.73. The molecule has 0 saturated heterocycles. The minimum Gasteiger partial charge on any atom is -0.479 e. The highest BCUT2D eigenvalue weighted by Gasteiger charge is 2.37. The van der Waals surface area contributed by atoms with Crippen molar-refractivity contribution in [1.82, 2.24) is 0 Å². The zero-order chi connectivity index (χ0) is 15.4. The van der Waals surface area contributed by atoms with Crippen molar-refractivity contribution in [3.05, 3.63) is 71.8 Å². The molecule has 2 aromatic carbocycles. The molecule has 0 aromatic heterocycles. The Balaban J connectivity index is 1.88. The van der Waals surface area contributed by atoms with Crippen LogP contribution in [-0.2, 0) is 17.6 Å². The molecule has 2 nitrogen and oxygen atoms in total. The van der Waals surface area contributed by atoms with Gasteiger partial charge in [0.25, 0.3) is 0 Å². The Kier molecular flexibility index (Phi) is 4.28. The molecule has 22 heavy (non-hydrogen) atoms. The SMILES string of the molecule is CC1=NC(C(C)(Cc2ccccc2)Cc2ccccc2)CO1. The predicted octanol–water partition coefficient (Wildman–Crippen LogP) is 4.30. The van der Waals surface area contributed by atoms with Crippen LogP contribution < -0.4 is 0 Å². The number of benzene rings is 2. The molecule has 0 radical (unpaired) electrons. The van der Waals surface area contributed by atoms with E-state index in [0.29, 0.717) is 6.61 Å². The first kappa shape index (κ1) is 14.8.